The molecule has 2 heterocycles. The minimum Gasteiger partial charge on any atom is -0.371 e. The minimum atomic E-state index is 0.893. The predicted octanol–water partition coefficient (Wildman–Crippen LogP) is 4.35. The van der Waals surface area contributed by atoms with Crippen LogP contribution < -0.4 is 4.90 Å². The number of nitrogens with zero attached hydrogens (tertiary/aromatic N) is 3. The first-order valence-corrected chi connectivity index (χ1v) is 8.36. The van der Waals surface area contributed by atoms with Gasteiger partial charge < -0.3 is 9.47 Å². The first kappa shape index (κ1) is 13.6. The van der Waals surface area contributed by atoms with Crippen molar-refractivity contribution < 1.29 is 0 Å². The van der Waals surface area contributed by atoms with Gasteiger partial charge in [-0.25, -0.2) is 4.98 Å². The Balaban J connectivity index is 1.94. The molecule has 1 fully saturated rings. The number of anilines is 1. The number of hydrogen-bond donors (Lipinski definition) is 0. The average molecular weight is 293 g/mol. The quantitative estimate of drug-likeness (QED) is 0.697. The van der Waals surface area contributed by atoms with Gasteiger partial charge in [-0.2, -0.15) is 0 Å². The fourth-order valence-electron chi connectivity index (χ4n) is 3.50. The highest BCUT2D eigenvalue weighted by molar-refractivity contribution is 6.12. The Labute approximate surface area is 131 Å². The molecule has 0 spiro atoms. The molecule has 0 aliphatic heterocycles. The van der Waals surface area contributed by atoms with Gasteiger partial charge in [0.2, 0.25) is 0 Å². The molecule has 0 N–H and O–H groups in total. The van der Waals surface area contributed by atoms with Gasteiger partial charge >= 0.3 is 0 Å². The second kappa shape index (κ2) is 5.31. The standard InChI is InChI=1S/C19H23N3/c1-3-12-22(13-14-8-9-14)17-10-11-20-19-18(17)15-6-4-5-7-16(15)21(19)2/h4-7,10-11,14H,3,8-9,12-13H2,1-2H3. The first-order valence-electron chi connectivity index (χ1n) is 8.36. The Bertz CT molecular complexity index is 814. The van der Waals surface area contributed by atoms with E-state index < -0.39 is 0 Å². The number of rotatable bonds is 5. The fourth-order valence-corrected chi connectivity index (χ4v) is 3.50. The van der Waals surface area contributed by atoms with Gasteiger partial charge in [0.15, 0.2) is 0 Å². The Morgan fingerprint density at radius 2 is 2.05 bits per heavy atom. The third kappa shape index (κ3) is 2.16. The molecule has 0 bridgehead atoms. The van der Waals surface area contributed by atoms with Crippen molar-refractivity contribution in [2.75, 3.05) is 18.0 Å². The van der Waals surface area contributed by atoms with Gasteiger partial charge in [0, 0.05) is 37.4 Å². The van der Waals surface area contributed by atoms with Crippen molar-refractivity contribution in [1.29, 1.82) is 0 Å². The summed E-state index contributed by atoms with van der Waals surface area (Å²) in [4.78, 5) is 7.23. The number of hydrogen-bond acceptors (Lipinski definition) is 2. The molecular weight excluding hydrogens is 270 g/mol. The molecule has 22 heavy (non-hydrogen) atoms. The highest BCUT2D eigenvalue weighted by atomic mass is 15.1. The lowest BCUT2D eigenvalue weighted by Crippen LogP contribution is -2.26. The monoisotopic (exact) mass is 293 g/mol. The Morgan fingerprint density at radius 3 is 2.82 bits per heavy atom. The number of aryl methyl sites for hydroxylation is 1. The fraction of sp³-hybridized carbons (Fsp3) is 0.421. The van der Waals surface area contributed by atoms with E-state index in [1.807, 2.05) is 6.20 Å². The molecule has 0 amide bonds. The van der Waals surface area contributed by atoms with Crippen molar-refractivity contribution >= 4 is 27.6 Å². The summed E-state index contributed by atoms with van der Waals surface area (Å²) in [5.74, 6) is 0.893. The van der Waals surface area contributed by atoms with Crippen LogP contribution in [0.4, 0.5) is 5.69 Å². The van der Waals surface area contributed by atoms with Crippen molar-refractivity contribution in [2.45, 2.75) is 26.2 Å². The van der Waals surface area contributed by atoms with Crippen molar-refractivity contribution in [2.24, 2.45) is 13.0 Å². The van der Waals surface area contributed by atoms with Crippen LogP contribution >= 0.6 is 0 Å². The van der Waals surface area contributed by atoms with E-state index in [9.17, 15) is 0 Å². The Kier molecular flexibility index (Phi) is 3.29. The first-order chi connectivity index (χ1) is 10.8. The van der Waals surface area contributed by atoms with Crippen LogP contribution in [0.25, 0.3) is 21.9 Å². The molecule has 1 aromatic carbocycles. The molecule has 1 aliphatic carbocycles. The second-order valence-corrected chi connectivity index (χ2v) is 6.49. The van der Waals surface area contributed by atoms with E-state index in [-0.39, 0.29) is 0 Å². The van der Waals surface area contributed by atoms with E-state index in [1.165, 1.54) is 47.8 Å². The van der Waals surface area contributed by atoms with E-state index in [4.69, 9.17) is 0 Å². The van der Waals surface area contributed by atoms with Crippen molar-refractivity contribution in [3.63, 3.8) is 0 Å². The molecule has 3 aromatic rings. The summed E-state index contributed by atoms with van der Waals surface area (Å²) in [6.07, 6.45) is 5.93. The van der Waals surface area contributed by atoms with Crippen molar-refractivity contribution in [3.05, 3.63) is 36.5 Å². The van der Waals surface area contributed by atoms with Gasteiger partial charge in [0.1, 0.15) is 5.65 Å². The SMILES string of the molecule is CCCN(CC1CC1)c1ccnc2c1c1ccccc1n2C. The van der Waals surface area contributed by atoms with Crippen LogP contribution in [0.5, 0.6) is 0 Å². The summed E-state index contributed by atoms with van der Waals surface area (Å²) in [7, 11) is 2.12. The maximum atomic E-state index is 4.65. The molecule has 1 saturated carbocycles. The molecule has 1 aliphatic rings. The largest absolute Gasteiger partial charge is 0.371 e. The third-order valence-electron chi connectivity index (χ3n) is 4.77. The van der Waals surface area contributed by atoms with Gasteiger partial charge in [-0.1, -0.05) is 25.1 Å². The van der Waals surface area contributed by atoms with Crippen LogP contribution in [-0.2, 0) is 7.05 Å². The average Bonchev–Trinajstić information content (AvgIpc) is 3.32. The minimum absolute atomic E-state index is 0.893. The van der Waals surface area contributed by atoms with Crippen LogP contribution in [-0.4, -0.2) is 22.6 Å². The highest BCUT2D eigenvalue weighted by Crippen LogP contribution is 2.37. The summed E-state index contributed by atoms with van der Waals surface area (Å²) >= 11 is 0. The topological polar surface area (TPSA) is 21.1 Å². The zero-order valence-electron chi connectivity index (χ0n) is 13.4. The van der Waals surface area contributed by atoms with E-state index in [0.717, 1.165) is 18.1 Å². The predicted molar refractivity (Wildman–Crippen MR) is 93.4 cm³/mol. The number of aromatic nitrogens is 2. The van der Waals surface area contributed by atoms with E-state index in [1.54, 1.807) is 0 Å². The Morgan fingerprint density at radius 1 is 1.23 bits per heavy atom. The van der Waals surface area contributed by atoms with Gasteiger partial charge in [-0.3, -0.25) is 0 Å². The molecule has 0 atom stereocenters. The molecule has 3 heteroatoms. The van der Waals surface area contributed by atoms with Crippen LogP contribution in [0.1, 0.15) is 26.2 Å². The number of fused-ring (bicyclic) bond motifs is 3. The number of pyridine rings is 1. The maximum Gasteiger partial charge on any atom is 0.142 e. The van der Waals surface area contributed by atoms with E-state index >= 15 is 0 Å². The van der Waals surface area contributed by atoms with E-state index in [0.29, 0.717) is 0 Å². The molecule has 0 radical (unpaired) electrons. The van der Waals surface area contributed by atoms with Gasteiger partial charge in [0.25, 0.3) is 0 Å². The molecular formula is C19H23N3. The smallest absolute Gasteiger partial charge is 0.142 e. The molecule has 3 nitrogen and oxygen atoms in total. The zero-order valence-corrected chi connectivity index (χ0v) is 13.4. The summed E-state index contributed by atoms with van der Waals surface area (Å²) in [5, 5.41) is 2.63. The van der Waals surface area contributed by atoms with Gasteiger partial charge in [-0.15, -0.1) is 0 Å². The lowest BCUT2D eigenvalue weighted by atomic mass is 10.1. The molecule has 2 aromatic heterocycles. The lowest BCUT2D eigenvalue weighted by molar-refractivity contribution is 0.710. The van der Waals surface area contributed by atoms with Crippen LogP contribution in [0.3, 0.4) is 0 Å². The van der Waals surface area contributed by atoms with Crippen LogP contribution in [0, 0.1) is 5.92 Å². The van der Waals surface area contributed by atoms with Crippen molar-refractivity contribution in [1.82, 2.24) is 9.55 Å². The normalized spacial score (nSPS) is 14.8. The maximum absolute atomic E-state index is 4.65. The second-order valence-electron chi connectivity index (χ2n) is 6.49. The van der Waals surface area contributed by atoms with Crippen molar-refractivity contribution in [3.8, 4) is 0 Å². The van der Waals surface area contributed by atoms with E-state index in [2.05, 4.69) is 58.8 Å². The molecule has 0 unspecified atom stereocenters. The van der Waals surface area contributed by atoms with Gasteiger partial charge in [0.05, 0.1) is 10.9 Å². The third-order valence-corrected chi connectivity index (χ3v) is 4.77. The summed E-state index contributed by atoms with van der Waals surface area (Å²) in [5.41, 5.74) is 3.71. The molecule has 114 valence electrons. The van der Waals surface area contributed by atoms with Gasteiger partial charge in [-0.05, 0) is 37.3 Å². The highest BCUT2D eigenvalue weighted by Gasteiger charge is 2.25. The van der Waals surface area contributed by atoms with Crippen LogP contribution in [0.15, 0.2) is 36.5 Å². The summed E-state index contributed by atoms with van der Waals surface area (Å²) in [6, 6.07) is 10.8. The summed E-state index contributed by atoms with van der Waals surface area (Å²) < 4.78 is 2.22. The zero-order chi connectivity index (χ0) is 15.1. The summed E-state index contributed by atoms with van der Waals surface area (Å²) in [6.45, 7) is 4.58. The lowest BCUT2D eigenvalue weighted by Gasteiger charge is -2.25. The van der Waals surface area contributed by atoms with Crippen LogP contribution in [0.2, 0.25) is 0 Å². The number of benzene rings is 1. The Hall–Kier alpha value is -2.03. The number of para-hydroxylation sites is 1. The molecule has 0 saturated heterocycles. The molecule has 4 rings (SSSR count).